The van der Waals surface area contributed by atoms with Gasteiger partial charge in [-0.3, -0.25) is 0 Å². The lowest BCUT2D eigenvalue weighted by Crippen LogP contribution is -2.45. The summed E-state index contributed by atoms with van der Waals surface area (Å²) in [6.45, 7) is 2.52. The predicted molar refractivity (Wildman–Crippen MR) is 99.9 cm³/mol. The van der Waals surface area contributed by atoms with E-state index in [0.717, 1.165) is 11.1 Å². The van der Waals surface area contributed by atoms with Crippen LogP contribution in [0.15, 0.2) is 53.7 Å². The van der Waals surface area contributed by atoms with Crippen LogP contribution in [0.4, 0.5) is 18.0 Å². The normalized spacial score (nSPS) is 18.7. The monoisotopic (exact) mass is 407 g/mol. The van der Waals surface area contributed by atoms with Crippen LogP contribution in [0.25, 0.3) is 0 Å². The first-order chi connectivity index (χ1) is 13.7. The first kappa shape index (κ1) is 20.7. The molecule has 3 N–H and O–H groups in total. The van der Waals surface area contributed by atoms with Gasteiger partial charge in [-0.25, -0.2) is 4.79 Å². The van der Waals surface area contributed by atoms with Crippen LogP contribution in [0.3, 0.4) is 0 Å². The lowest BCUT2D eigenvalue weighted by atomic mass is 10.0. The van der Waals surface area contributed by atoms with E-state index in [9.17, 15) is 23.1 Å². The maximum Gasteiger partial charge on any atom is 0.458 e. The number of rotatable bonds is 5. The van der Waals surface area contributed by atoms with E-state index in [0.29, 0.717) is 17.7 Å². The molecule has 0 fully saturated rings. The van der Waals surface area contributed by atoms with E-state index < -0.39 is 18.4 Å². The summed E-state index contributed by atoms with van der Waals surface area (Å²) < 4.78 is 38.5. The molecule has 9 heteroatoms. The van der Waals surface area contributed by atoms with Gasteiger partial charge >= 0.3 is 18.0 Å². The van der Waals surface area contributed by atoms with Gasteiger partial charge in [0.1, 0.15) is 0 Å². The molecule has 1 aliphatic heterocycles. The molecule has 0 aromatic heterocycles. The lowest BCUT2D eigenvalue weighted by molar-refractivity contribution is -0.355. The lowest BCUT2D eigenvalue weighted by Gasteiger charge is -2.22. The average molecular weight is 407 g/mol. The summed E-state index contributed by atoms with van der Waals surface area (Å²) in [7, 11) is 0. The number of amides is 2. The summed E-state index contributed by atoms with van der Waals surface area (Å²) in [5, 5.41) is 18.3. The molecule has 1 unspecified atom stereocenters. The smallest absolute Gasteiger partial charge is 0.350 e. The van der Waals surface area contributed by atoms with Crippen molar-refractivity contribution in [3.8, 4) is 0 Å². The third kappa shape index (κ3) is 5.05. The Morgan fingerprint density at radius 2 is 1.79 bits per heavy atom. The SMILES string of the molecule is Cc1ccc(CNC(=O)NCc2cccc(C3=NOC(O)(C(F)(F)F)C3)c2)cc1. The van der Waals surface area contributed by atoms with Gasteiger partial charge in [0.25, 0.3) is 0 Å². The highest BCUT2D eigenvalue weighted by Crippen LogP contribution is 2.38. The van der Waals surface area contributed by atoms with Crippen molar-refractivity contribution in [3.63, 3.8) is 0 Å². The molecule has 0 bridgehead atoms. The first-order valence-electron chi connectivity index (χ1n) is 8.87. The van der Waals surface area contributed by atoms with E-state index in [1.165, 1.54) is 0 Å². The Hall–Kier alpha value is -3.07. The van der Waals surface area contributed by atoms with Gasteiger partial charge < -0.3 is 20.6 Å². The molecule has 0 spiro atoms. The van der Waals surface area contributed by atoms with Gasteiger partial charge in [0, 0.05) is 13.1 Å². The third-order valence-corrected chi connectivity index (χ3v) is 4.44. The van der Waals surface area contributed by atoms with Crippen LogP contribution in [0.1, 0.15) is 28.7 Å². The summed E-state index contributed by atoms with van der Waals surface area (Å²) in [6.07, 6.45) is -5.75. The van der Waals surface area contributed by atoms with E-state index in [4.69, 9.17) is 0 Å². The summed E-state index contributed by atoms with van der Waals surface area (Å²) in [4.78, 5) is 16.2. The van der Waals surface area contributed by atoms with Gasteiger partial charge in [-0.1, -0.05) is 53.2 Å². The second kappa shape index (κ2) is 8.12. The number of hydrogen-bond acceptors (Lipinski definition) is 4. The quantitative estimate of drug-likeness (QED) is 0.711. The van der Waals surface area contributed by atoms with Crippen molar-refractivity contribution in [2.45, 2.75) is 38.4 Å². The Morgan fingerprint density at radius 3 is 2.41 bits per heavy atom. The van der Waals surface area contributed by atoms with Crippen molar-refractivity contribution in [2.24, 2.45) is 5.16 Å². The number of alkyl halides is 3. The molecular formula is C20H20F3N3O3. The highest BCUT2D eigenvalue weighted by molar-refractivity contribution is 6.01. The minimum absolute atomic E-state index is 0.0181. The molecule has 2 amide bonds. The number of aliphatic hydroxyl groups is 1. The maximum atomic E-state index is 12.8. The fraction of sp³-hybridized carbons (Fsp3) is 0.300. The zero-order valence-corrected chi connectivity index (χ0v) is 15.6. The number of nitrogens with one attached hydrogen (secondary N) is 2. The molecule has 3 rings (SSSR count). The minimum atomic E-state index is -4.95. The molecule has 29 heavy (non-hydrogen) atoms. The van der Waals surface area contributed by atoms with E-state index in [1.54, 1.807) is 24.3 Å². The predicted octanol–water partition coefficient (Wildman–Crippen LogP) is 3.37. The Balaban J connectivity index is 1.54. The Bertz CT molecular complexity index is 913. The van der Waals surface area contributed by atoms with Crippen molar-refractivity contribution < 1.29 is 27.9 Å². The van der Waals surface area contributed by atoms with E-state index >= 15 is 0 Å². The summed E-state index contributed by atoms with van der Waals surface area (Å²) >= 11 is 0. The number of urea groups is 1. The number of aryl methyl sites for hydroxylation is 1. The summed E-state index contributed by atoms with van der Waals surface area (Å²) in [6, 6.07) is 13.9. The molecule has 2 aromatic rings. The molecule has 2 aromatic carbocycles. The molecule has 0 aliphatic carbocycles. The fourth-order valence-corrected chi connectivity index (χ4v) is 2.72. The second-order valence-corrected chi connectivity index (χ2v) is 6.81. The van der Waals surface area contributed by atoms with Crippen molar-refractivity contribution >= 4 is 11.7 Å². The number of carbonyl (C=O) groups is 1. The van der Waals surface area contributed by atoms with Gasteiger partial charge in [-0.2, -0.15) is 13.2 Å². The van der Waals surface area contributed by atoms with E-state index in [1.807, 2.05) is 31.2 Å². The summed E-state index contributed by atoms with van der Waals surface area (Å²) in [5.41, 5.74) is 3.12. The minimum Gasteiger partial charge on any atom is -0.350 e. The Morgan fingerprint density at radius 1 is 1.14 bits per heavy atom. The van der Waals surface area contributed by atoms with Crippen LogP contribution < -0.4 is 10.6 Å². The zero-order chi connectivity index (χ0) is 21.1. The average Bonchev–Trinajstić information content (AvgIpc) is 3.10. The standard InChI is InChI=1S/C20H20F3N3O3/c1-13-5-7-14(8-6-13)11-24-18(27)25-12-15-3-2-4-16(9-15)17-10-19(28,29-26-17)20(21,22)23/h2-9,28H,10-12H2,1H3,(H2,24,25,27). The number of carbonyl (C=O) groups excluding carboxylic acids is 1. The molecule has 0 saturated carbocycles. The third-order valence-electron chi connectivity index (χ3n) is 4.44. The molecule has 1 aliphatic rings. The van der Waals surface area contributed by atoms with Crippen molar-refractivity contribution in [1.82, 2.24) is 10.6 Å². The first-order valence-corrected chi connectivity index (χ1v) is 8.87. The van der Waals surface area contributed by atoms with Crippen LogP contribution in [-0.2, 0) is 17.9 Å². The number of nitrogens with zero attached hydrogens (tertiary/aromatic N) is 1. The molecule has 6 nitrogen and oxygen atoms in total. The van der Waals surface area contributed by atoms with Crippen LogP contribution >= 0.6 is 0 Å². The molecular weight excluding hydrogens is 387 g/mol. The Labute approximate surface area is 165 Å². The van der Waals surface area contributed by atoms with Gasteiger partial charge in [-0.05, 0) is 29.7 Å². The molecule has 0 saturated heterocycles. The number of halogens is 3. The largest absolute Gasteiger partial charge is 0.458 e. The molecule has 154 valence electrons. The summed E-state index contributed by atoms with van der Waals surface area (Å²) in [5.74, 6) is -3.31. The van der Waals surface area contributed by atoms with Crippen molar-refractivity contribution in [1.29, 1.82) is 0 Å². The van der Waals surface area contributed by atoms with Crippen molar-refractivity contribution in [3.05, 3.63) is 70.8 Å². The van der Waals surface area contributed by atoms with Crippen LogP contribution in [0.2, 0.25) is 0 Å². The zero-order valence-electron chi connectivity index (χ0n) is 15.6. The number of benzene rings is 2. The molecule has 0 radical (unpaired) electrons. The highest BCUT2D eigenvalue weighted by Gasteiger charge is 2.60. The Kier molecular flexibility index (Phi) is 5.78. The van der Waals surface area contributed by atoms with Gasteiger partial charge in [0.15, 0.2) is 0 Å². The maximum absolute atomic E-state index is 12.8. The fourth-order valence-electron chi connectivity index (χ4n) is 2.72. The van der Waals surface area contributed by atoms with Gasteiger partial charge in [0.2, 0.25) is 0 Å². The highest BCUT2D eigenvalue weighted by atomic mass is 19.4. The topological polar surface area (TPSA) is 83.0 Å². The van der Waals surface area contributed by atoms with E-state index in [-0.39, 0.29) is 18.3 Å². The molecule has 1 atom stereocenters. The van der Waals surface area contributed by atoms with Crippen LogP contribution in [0.5, 0.6) is 0 Å². The van der Waals surface area contributed by atoms with Gasteiger partial charge in [-0.15, -0.1) is 0 Å². The van der Waals surface area contributed by atoms with Crippen LogP contribution in [-0.4, -0.2) is 28.8 Å². The second-order valence-electron chi connectivity index (χ2n) is 6.81. The van der Waals surface area contributed by atoms with Gasteiger partial charge in [0.05, 0.1) is 12.1 Å². The number of oxime groups is 1. The van der Waals surface area contributed by atoms with Crippen molar-refractivity contribution in [2.75, 3.05) is 0 Å². The number of hydrogen-bond donors (Lipinski definition) is 3. The molecule has 1 heterocycles. The van der Waals surface area contributed by atoms with Crippen LogP contribution in [0, 0.1) is 6.92 Å². The van der Waals surface area contributed by atoms with E-state index in [2.05, 4.69) is 20.6 Å².